The molecule has 0 aliphatic heterocycles. The molecule has 0 spiro atoms. The Balaban J connectivity index is 5.75. The average Bonchev–Trinajstić information content (AvgIpc) is 2.25. The minimum atomic E-state index is -6.72. The maximum atomic E-state index is 13.4. The number of hydrogen-bond acceptors (Lipinski definition) is 1. The molecule has 0 saturated heterocycles. The fourth-order valence-corrected chi connectivity index (χ4v) is 1.09. The molecule has 0 N–H and O–H groups in total. The van der Waals surface area contributed by atoms with Gasteiger partial charge in [-0.1, -0.05) is 6.92 Å². The zero-order valence-electron chi connectivity index (χ0n) is 9.80. The molecule has 0 aromatic rings. The van der Waals surface area contributed by atoms with Gasteiger partial charge in [0.1, 0.15) is 0 Å². The zero-order chi connectivity index (χ0) is 15.7. The molecule has 0 aromatic carbocycles. The topological polar surface area (TPSA) is 9.23 Å². The number of ether oxygens (including phenoxy) is 1. The smallest absolute Gasteiger partial charge is 0.314 e. The first-order chi connectivity index (χ1) is 8.27. The summed E-state index contributed by atoms with van der Waals surface area (Å²) in [6.07, 6.45) is -14.6. The van der Waals surface area contributed by atoms with Crippen molar-refractivity contribution in [1.29, 1.82) is 0 Å². The quantitative estimate of drug-likeness (QED) is 0.666. The van der Waals surface area contributed by atoms with Gasteiger partial charge in [0.15, 0.2) is 6.67 Å². The van der Waals surface area contributed by atoms with Crippen LogP contribution in [0.2, 0.25) is 0 Å². The second-order valence-corrected chi connectivity index (χ2v) is 3.85. The fourth-order valence-electron chi connectivity index (χ4n) is 1.09. The summed E-state index contributed by atoms with van der Waals surface area (Å²) >= 11 is 0. The van der Waals surface area contributed by atoms with E-state index in [0.717, 1.165) is 6.92 Å². The summed E-state index contributed by atoms with van der Waals surface area (Å²) in [6, 6.07) is 0. The van der Waals surface area contributed by atoms with Crippen molar-refractivity contribution in [1.82, 2.24) is 0 Å². The molecule has 1 nitrogen and oxygen atoms in total. The van der Waals surface area contributed by atoms with Gasteiger partial charge in [-0.3, -0.25) is 0 Å². The highest BCUT2D eigenvalue weighted by molar-refractivity contribution is 5.06. The van der Waals surface area contributed by atoms with Crippen LogP contribution in [0.1, 0.15) is 20.3 Å². The van der Waals surface area contributed by atoms with Gasteiger partial charge >= 0.3 is 23.9 Å². The maximum absolute atomic E-state index is 13.4. The minimum Gasteiger partial charge on any atom is -0.314 e. The molecule has 0 aliphatic rings. The molecule has 0 aliphatic carbocycles. The highest BCUT2D eigenvalue weighted by atomic mass is 19.4. The Morgan fingerprint density at radius 1 is 0.947 bits per heavy atom. The lowest BCUT2D eigenvalue weighted by Gasteiger charge is -2.39. The van der Waals surface area contributed by atoms with E-state index in [1.165, 1.54) is 6.92 Å². The lowest BCUT2D eigenvalue weighted by molar-refractivity contribution is -0.434. The Morgan fingerprint density at radius 2 is 1.37 bits per heavy atom. The normalized spacial score (nSPS) is 19.1. The van der Waals surface area contributed by atoms with Crippen LogP contribution in [-0.4, -0.2) is 36.7 Å². The molecule has 0 radical (unpaired) electrons. The number of hydrogen-bond donors (Lipinski definition) is 0. The van der Waals surface area contributed by atoms with Gasteiger partial charge < -0.3 is 4.74 Å². The van der Waals surface area contributed by atoms with Gasteiger partial charge in [-0.05, 0) is 13.3 Å². The van der Waals surface area contributed by atoms with Gasteiger partial charge in [-0.15, -0.1) is 0 Å². The van der Waals surface area contributed by atoms with Crippen molar-refractivity contribution in [2.75, 3.05) is 6.67 Å². The largest absolute Gasteiger partial charge is 0.437 e. The summed E-state index contributed by atoms with van der Waals surface area (Å²) in [5.41, 5.74) is -6.45. The van der Waals surface area contributed by atoms with Crippen LogP contribution in [0.4, 0.5) is 39.5 Å². The fraction of sp³-hybridized carbons (Fsp3) is 1.00. The van der Waals surface area contributed by atoms with Crippen LogP contribution < -0.4 is 0 Å². The van der Waals surface area contributed by atoms with Crippen molar-refractivity contribution in [3.8, 4) is 0 Å². The molecule has 0 aromatic heterocycles. The van der Waals surface area contributed by atoms with Gasteiger partial charge in [-0.2, -0.15) is 30.7 Å². The van der Waals surface area contributed by atoms with E-state index in [1.807, 2.05) is 0 Å². The van der Waals surface area contributed by atoms with Crippen molar-refractivity contribution in [2.45, 2.75) is 50.2 Å². The molecular formula is C9H11F9O. The molecule has 116 valence electrons. The Hall–Kier alpha value is -0.670. The molecular weight excluding hydrogens is 295 g/mol. The van der Waals surface area contributed by atoms with E-state index in [1.54, 1.807) is 0 Å². The molecule has 0 saturated carbocycles. The van der Waals surface area contributed by atoms with Crippen LogP contribution in [0.25, 0.3) is 0 Å². The molecule has 0 fully saturated rings. The van der Waals surface area contributed by atoms with Gasteiger partial charge in [0.2, 0.25) is 0 Å². The van der Waals surface area contributed by atoms with E-state index in [2.05, 4.69) is 4.74 Å². The highest BCUT2D eigenvalue weighted by Gasteiger charge is 2.84. The molecule has 10 heteroatoms. The summed E-state index contributed by atoms with van der Waals surface area (Å²) in [6.45, 7) is -1.22. The van der Waals surface area contributed by atoms with Crippen LogP contribution in [0.3, 0.4) is 0 Å². The van der Waals surface area contributed by atoms with E-state index < -0.39 is 36.7 Å². The molecule has 2 unspecified atom stereocenters. The molecule has 19 heavy (non-hydrogen) atoms. The second kappa shape index (κ2) is 5.37. The molecule has 0 bridgehead atoms. The SMILES string of the molecule is CCC(C)OC(F)(F)C(F)(C(F)(F)F)C(F)(F)CF. The first-order valence-corrected chi connectivity index (χ1v) is 5.02. The van der Waals surface area contributed by atoms with Crippen LogP contribution in [-0.2, 0) is 4.74 Å². The first-order valence-electron chi connectivity index (χ1n) is 5.02. The third-order valence-corrected chi connectivity index (χ3v) is 2.39. The van der Waals surface area contributed by atoms with E-state index in [-0.39, 0.29) is 6.42 Å². The zero-order valence-corrected chi connectivity index (χ0v) is 9.80. The van der Waals surface area contributed by atoms with Crippen molar-refractivity contribution in [2.24, 2.45) is 0 Å². The second-order valence-electron chi connectivity index (χ2n) is 3.85. The van der Waals surface area contributed by atoms with Crippen molar-refractivity contribution in [3.63, 3.8) is 0 Å². The highest BCUT2D eigenvalue weighted by Crippen LogP contribution is 2.54. The molecule has 0 heterocycles. The van der Waals surface area contributed by atoms with Crippen LogP contribution in [0.5, 0.6) is 0 Å². The summed E-state index contributed by atoms with van der Waals surface area (Å²) in [5, 5.41) is 0. The third kappa shape index (κ3) is 3.09. The Kier molecular flexibility index (Phi) is 5.18. The van der Waals surface area contributed by atoms with Crippen LogP contribution >= 0.6 is 0 Å². The number of rotatable bonds is 6. The van der Waals surface area contributed by atoms with Crippen molar-refractivity contribution >= 4 is 0 Å². The Morgan fingerprint density at radius 3 is 1.63 bits per heavy atom. The van der Waals surface area contributed by atoms with Crippen molar-refractivity contribution in [3.05, 3.63) is 0 Å². The molecule has 2 atom stereocenters. The minimum absolute atomic E-state index is 0.287. The molecule has 0 amide bonds. The van der Waals surface area contributed by atoms with Gasteiger partial charge in [0.05, 0.1) is 6.10 Å². The maximum Gasteiger partial charge on any atom is 0.437 e. The van der Waals surface area contributed by atoms with Crippen LogP contribution in [0, 0.1) is 0 Å². The summed E-state index contributed by atoms with van der Waals surface area (Å²) in [5.74, 6) is -5.98. The summed E-state index contributed by atoms with van der Waals surface area (Å²) in [7, 11) is 0. The third-order valence-electron chi connectivity index (χ3n) is 2.39. The van der Waals surface area contributed by atoms with Crippen molar-refractivity contribution < 1.29 is 44.3 Å². The van der Waals surface area contributed by atoms with Crippen LogP contribution in [0.15, 0.2) is 0 Å². The Labute approximate surface area is 102 Å². The van der Waals surface area contributed by atoms with Gasteiger partial charge in [0, 0.05) is 0 Å². The number of alkyl halides is 9. The lowest BCUT2D eigenvalue weighted by atomic mass is 9.95. The predicted octanol–water partition coefficient (Wildman–Crippen LogP) is 4.27. The van der Waals surface area contributed by atoms with Gasteiger partial charge in [-0.25, -0.2) is 8.78 Å². The monoisotopic (exact) mass is 306 g/mol. The summed E-state index contributed by atoms with van der Waals surface area (Å²) < 4.78 is 117. The number of halogens is 9. The van der Waals surface area contributed by atoms with E-state index >= 15 is 0 Å². The van der Waals surface area contributed by atoms with E-state index in [4.69, 9.17) is 0 Å². The standard InChI is InChI=1S/C9H11F9O/c1-3-5(2)19-9(17,18)7(13,8(14,15)16)6(11,12)4-10/h5H,3-4H2,1-2H3. The lowest BCUT2D eigenvalue weighted by Crippen LogP contribution is -2.68. The Bertz CT molecular complexity index is 301. The first kappa shape index (κ1) is 18.3. The summed E-state index contributed by atoms with van der Waals surface area (Å²) in [4.78, 5) is 0. The predicted molar refractivity (Wildman–Crippen MR) is 46.6 cm³/mol. The van der Waals surface area contributed by atoms with Gasteiger partial charge in [0.25, 0.3) is 0 Å². The molecule has 0 rings (SSSR count). The van der Waals surface area contributed by atoms with E-state index in [9.17, 15) is 39.5 Å². The average molecular weight is 306 g/mol. The van der Waals surface area contributed by atoms with E-state index in [0.29, 0.717) is 0 Å².